The quantitative estimate of drug-likeness (QED) is 0.925. The number of aliphatic hydroxyl groups is 1. The monoisotopic (exact) mass is 328 g/mol. The largest absolute Gasteiger partial charge is 0.392 e. The molecule has 1 aromatic carbocycles. The van der Waals surface area contributed by atoms with Gasteiger partial charge in [-0.3, -0.25) is 4.90 Å². The standard InChI is InChI=1S/C18H24N4O2/c1-13-19-18(24-20-13)17-11-15(23)12-22(17)10-9-21-8-4-6-14-5-2-3-7-16(14)21/h2-3,5,7,15,17,23H,4,6,8-12H2,1H3/t15-,17-/m1/s1. The van der Waals surface area contributed by atoms with Gasteiger partial charge in [-0.1, -0.05) is 23.4 Å². The van der Waals surface area contributed by atoms with Crippen molar-refractivity contribution in [1.29, 1.82) is 0 Å². The van der Waals surface area contributed by atoms with Crippen molar-refractivity contribution in [2.75, 3.05) is 31.1 Å². The summed E-state index contributed by atoms with van der Waals surface area (Å²) >= 11 is 0. The third-order valence-electron chi connectivity index (χ3n) is 5.07. The number of para-hydroxylation sites is 1. The molecule has 2 atom stereocenters. The van der Waals surface area contributed by atoms with Crippen LogP contribution in [-0.4, -0.2) is 52.4 Å². The van der Waals surface area contributed by atoms with E-state index in [4.69, 9.17) is 4.52 Å². The Kier molecular flexibility index (Phi) is 4.24. The van der Waals surface area contributed by atoms with Crippen molar-refractivity contribution in [3.8, 4) is 0 Å². The average molecular weight is 328 g/mol. The first-order valence-corrected chi connectivity index (χ1v) is 8.76. The van der Waals surface area contributed by atoms with E-state index < -0.39 is 0 Å². The van der Waals surface area contributed by atoms with Crippen LogP contribution in [0.1, 0.15) is 36.2 Å². The van der Waals surface area contributed by atoms with Crippen LogP contribution in [0.25, 0.3) is 0 Å². The van der Waals surface area contributed by atoms with Crippen molar-refractivity contribution in [2.24, 2.45) is 0 Å². The van der Waals surface area contributed by atoms with E-state index in [1.54, 1.807) is 0 Å². The summed E-state index contributed by atoms with van der Waals surface area (Å²) in [7, 11) is 0. The summed E-state index contributed by atoms with van der Waals surface area (Å²) in [5.74, 6) is 1.28. The minimum absolute atomic E-state index is 0.0289. The SMILES string of the molecule is Cc1noc([C@H]2C[C@@H](O)CN2CCN2CCCc3ccccc32)n1. The highest BCUT2D eigenvalue weighted by molar-refractivity contribution is 5.55. The van der Waals surface area contributed by atoms with Crippen molar-refractivity contribution in [2.45, 2.75) is 38.3 Å². The summed E-state index contributed by atoms with van der Waals surface area (Å²) in [6, 6.07) is 8.70. The van der Waals surface area contributed by atoms with E-state index in [0.29, 0.717) is 24.7 Å². The lowest BCUT2D eigenvalue weighted by atomic mass is 10.0. The zero-order chi connectivity index (χ0) is 16.5. The lowest BCUT2D eigenvalue weighted by Crippen LogP contribution is -2.38. The normalized spacial score (nSPS) is 24.3. The number of hydrogen-bond donors (Lipinski definition) is 1. The average Bonchev–Trinajstić information content (AvgIpc) is 3.18. The van der Waals surface area contributed by atoms with E-state index >= 15 is 0 Å². The fourth-order valence-corrected chi connectivity index (χ4v) is 3.92. The molecule has 6 nitrogen and oxygen atoms in total. The van der Waals surface area contributed by atoms with E-state index in [1.807, 2.05) is 6.92 Å². The van der Waals surface area contributed by atoms with E-state index in [2.05, 4.69) is 44.2 Å². The molecular formula is C18H24N4O2. The maximum Gasteiger partial charge on any atom is 0.244 e. The van der Waals surface area contributed by atoms with Crippen LogP contribution in [0.5, 0.6) is 0 Å². The zero-order valence-electron chi connectivity index (χ0n) is 14.1. The number of anilines is 1. The lowest BCUT2D eigenvalue weighted by Gasteiger charge is -2.33. The molecular weight excluding hydrogens is 304 g/mol. The molecule has 0 radical (unpaired) electrons. The fourth-order valence-electron chi connectivity index (χ4n) is 3.92. The molecule has 0 bridgehead atoms. The highest BCUT2D eigenvalue weighted by atomic mass is 16.5. The smallest absolute Gasteiger partial charge is 0.244 e. The number of rotatable bonds is 4. The van der Waals surface area contributed by atoms with Gasteiger partial charge in [0.25, 0.3) is 0 Å². The van der Waals surface area contributed by atoms with Crippen LogP contribution in [0, 0.1) is 6.92 Å². The summed E-state index contributed by atoms with van der Waals surface area (Å²) in [6.07, 6.45) is 2.71. The van der Waals surface area contributed by atoms with Crippen molar-refractivity contribution in [1.82, 2.24) is 15.0 Å². The van der Waals surface area contributed by atoms with Gasteiger partial charge in [0.05, 0.1) is 12.1 Å². The van der Waals surface area contributed by atoms with Gasteiger partial charge < -0.3 is 14.5 Å². The van der Waals surface area contributed by atoms with E-state index in [0.717, 1.165) is 19.6 Å². The first-order chi connectivity index (χ1) is 11.7. The number of nitrogens with zero attached hydrogens (tertiary/aromatic N) is 4. The molecule has 128 valence electrons. The van der Waals surface area contributed by atoms with Crippen molar-refractivity contribution in [3.63, 3.8) is 0 Å². The minimum atomic E-state index is -0.323. The Bertz CT molecular complexity index is 702. The van der Waals surface area contributed by atoms with Gasteiger partial charge in [-0.15, -0.1) is 0 Å². The maximum atomic E-state index is 10.1. The van der Waals surface area contributed by atoms with Gasteiger partial charge in [0.1, 0.15) is 0 Å². The van der Waals surface area contributed by atoms with Crippen LogP contribution in [0.15, 0.2) is 28.8 Å². The van der Waals surface area contributed by atoms with E-state index in [1.165, 1.54) is 24.1 Å². The second-order valence-corrected chi connectivity index (χ2v) is 6.80. The molecule has 2 aliphatic rings. The molecule has 1 aromatic heterocycles. The number of likely N-dealkylation sites (tertiary alicyclic amines) is 1. The molecule has 1 saturated heterocycles. The topological polar surface area (TPSA) is 65.6 Å². The summed E-state index contributed by atoms with van der Waals surface area (Å²) in [4.78, 5) is 9.09. The second kappa shape index (κ2) is 6.53. The molecule has 3 heterocycles. The number of aliphatic hydroxyl groups excluding tert-OH is 1. The number of benzene rings is 1. The highest BCUT2D eigenvalue weighted by Gasteiger charge is 2.35. The molecule has 2 aliphatic heterocycles. The number of β-amino-alcohol motifs (C(OH)–C–C–N with tert-alkyl or cyclic N) is 1. The summed E-state index contributed by atoms with van der Waals surface area (Å²) < 4.78 is 5.35. The second-order valence-electron chi connectivity index (χ2n) is 6.80. The molecule has 0 saturated carbocycles. The van der Waals surface area contributed by atoms with Gasteiger partial charge in [-0.2, -0.15) is 4.98 Å². The number of aryl methyl sites for hydroxylation is 2. The van der Waals surface area contributed by atoms with Crippen LogP contribution in [-0.2, 0) is 6.42 Å². The molecule has 4 rings (SSSR count). The van der Waals surface area contributed by atoms with Crippen molar-refractivity contribution < 1.29 is 9.63 Å². The molecule has 1 fully saturated rings. The Morgan fingerprint density at radius 1 is 1.29 bits per heavy atom. The first-order valence-electron chi connectivity index (χ1n) is 8.76. The Hall–Kier alpha value is -1.92. The van der Waals surface area contributed by atoms with Crippen molar-refractivity contribution >= 4 is 5.69 Å². The van der Waals surface area contributed by atoms with Crippen LogP contribution < -0.4 is 4.90 Å². The number of aromatic nitrogens is 2. The summed E-state index contributed by atoms with van der Waals surface area (Å²) in [6.45, 7) is 5.43. The third-order valence-corrected chi connectivity index (χ3v) is 5.07. The highest BCUT2D eigenvalue weighted by Crippen LogP contribution is 2.32. The summed E-state index contributed by atoms with van der Waals surface area (Å²) in [5.41, 5.74) is 2.79. The molecule has 6 heteroatoms. The van der Waals surface area contributed by atoms with Gasteiger partial charge >= 0.3 is 0 Å². The lowest BCUT2D eigenvalue weighted by molar-refractivity contribution is 0.174. The Morgan fingerprint density at radius 3 is 3.00 bits per heavy atom. The number of fused-ring (bicyclic) bond motifs is 1. The van der Waals surface area contributed by atoms with Crippen molar-refractivity contribution in [3.05, 3.63) is 41.5 Å². The molecule has 2 aromatic rings. The maximum absolute atomic E-state index is 10.1. The molecule has 1 N–H and O–H groups in total. The predicted molar refractivity (Wildman–Crippen MR) is 90.9 cm³/mol. The Balaban J connectivity index is 1.45. The molecule has 0 unspecified atom stereocenters. The van der Waals surface area contributed by atoms with Gasteiger partial charge in [-0.05, 0) is 37.8 Å². The van der Waals surface area contributed by atoms with Crippen LogP contribution >= 0.6 is 0 Å². The van der Waals surface area contributed by atoms with Gasteiger partial charge in [0, 0.05) is 31.9 Å². The zero-order valence-corrected chi connectivity index (χ0v) is 14.1. The molecule has 0 aliphatic carbocycles. The summed E-state index contributed by atoms with van der Waals surface area (Å²) in [5, 5.41) is 14.0. The molecule has 0 spiro atoms. The van der Waals surface area contributed by atoms with Gasteiger partial charge in [0.15, 0.2) is 5.82 Å². The van der Waals surface area contributed by atoms with E-state index in [9.17, 15) is 5.11 Å². The van der Waals surface area contributed by atoms with E-state index in [-0.39, 0.29) is 12.1 Å². The Morgan fingerprint density at radius 2 is 2.17 bits per heavy atom. The molecule has 24 heavy (non-hydrogen) atoms. The number of hydrogen-bond acceptors (Lipinski definition) is 6. The first kappa shape index (κ1) is 15.6. The predicted octanol–water partition coefficient (Wildman–Crippen LogP) is 1.94. The van der Waals surface area contributed by atoms with Gasteiger partial charge in [0.2, 0.25) is 5.89 Å². The van der Waals surface area contributed by atoms with Gasteiger partial charge in [-0.25, -0.2) is 0 Å². The van der Waals surface area contributed by atoms with Crippen LogP contribution in [0.2, 0.25) is 0 Å². The Labute approximate surface area is 142 Å². The van der Waals surface area contributed by atoms with Crippen LogP contribution in [0.4, 0.5) is 5.69 Å². The minimum Gasteiger partial charge on any atom is -0.392 e. The van der Waals surface area contributed by atoms with Crippen LogP contribution in [0.3, 0.4) is 0 Å². The molecule has 0 amide bonds. The third kappa shape index (κ3) is 3.03. The fraction of sp³-hybridized carbons (Fsp3) is 0.556.